The molecule has 4 rings (SSSR count). The van der Waals surface area contributed by atoms with Crippen molar-refractivity contribution in [3.8, 4) is 16.9 Å². The lowest BCUT2D eigenvalue weighted by molar-refractivity contribution is 0.416. The molecule has 5 nitrogen and oxygen atoms in total. The van der Waals surface area contributed by atoms with Crippen LogP contribution in [-0.2, 0) is 6.54 Å². The predicted molar refractivity (Wildman–Crippen MR) is 113 cm³/mol. The second-order valence-corrected chi connectivity index (χ2v) is 7.02. The molecule has 5 heteroatoms. The van der Waals surface area contributed by atoms with Crippen molar-refractivity contribution in [1.29, 1.82) is 0 Å². The summed E-state index contributed by atoms with van der Waals surface area (Å²) in [5, 5.41) is 8.28. The van der Waals surface area contributed by atoms with Gasteiger partial charge in [0.25, 0.3) is 0 Å². The molecule has 0 saturated carbocycles. The fourth-order valence-electron chi connectivity index (χ4n) is 3.44. The summed E-state index contributed by atoms with van der Waals surface area (Å²) < 4.78 is 7.46. The highest BCUT2D eigenvalue weighted by Gasteiger charge is 2.18. The Labute approximate surface area is 165 Å². The number of fused-ring (bicyclic) bond motifs is 1. The van der Waals surface area contributed by atoms with Crippen LogP contribution in [0, 0.1) is 20.8 Å². The summed E-state index contributed by atoms with van der Waals surface area (Å²) in [4.78, 5) is 4.78. The van der Waals surface area contributed by atoms with Crippen LogP contribution in [0.15, 0.2) is 54.6 Å². The molecule has 0 unspecified atom stereocenters. The van der Waals surface area contributed by atoms with Crippen LogP contribution in [0.25, 0.3) is 16.8 Å². The van der Waals surface area contributed by atoms with Gasteiger partial charge < -0.3 is 10.1 Å². The van der Waals surface area contributed by atoms with Crippen molar-refractivity contribution in [3.05, 3.63) is 77.1 Å². The summed E-state index contributed by atoms with van der Waals surface area (Å²) >= 11 is 0. The number of anilines is 1. The first kappa shape index (κ1) is 18.0. The number of ether oxygens (including phenoxy) is 1. The maximum Gasteiger partial charge on any atom is 0.165 e. The van der Waals surface area contributed by atoms with Gasteiger partial charge in [-0.2, -0.15) is 9.61 Å². The zero-order chi connectivity index (χ0) is 19.7. The number of aryl methyl sites for hydroxylation is 3. The lowest BCUT2D eigenvalue weighted by Gasteiger charge is -2.11. The molecule has 2 aromatic carbocycles. The minimum atomic E-state index is 0.724. The van der Waals surface area contributed by atoms with E-state index in [-0.39, 0.29) is 0 Å². The number of methoxy groups -OCH3 is 1. The third-order valence-electron chi connectivity index (χ3n) is 4.86. The average Bonchev–Trinajstić information content (AvgIpc) is 3.03. The van der Waals surface area contributed by atoms with Crippen LogP contribution in [-0.4, -0.2) is 21.7 Å². The molecule has 0 saturated heterocycles. The van der Waals surface area contributed by atoms with Crippen LogP contribution in [0.3, 0.4) is 0 Å². The van der Waals surface area contributed by atoms with E-state index in [2.05, 4.69) is 36.5 Å². The largest absolute Gasteiger partial charge is 0.496 e. The molecule has 2 heterocycles. The van der Waals surface area contributed by atoms with Gasteiger partial charge in [-0.05, 0) is 32.4 Å². The molecule has 2 aromatic heterocycles. The topological polar surface area (TPSA) is 51.5 Å². The van der Waals surface area contributed by atoms with Crippen LogP contribution in [0.5, 0.6) is 5.75 Å². The standard InChI is InChI=1S/C23H24N4O/c1-15-9-11-18(12-10-15)14-24-21-13-16(2)25-23-22(17(3)26-27(21)23)19-7-5-6-8-20(19)28-4/h5-13,24H,14H2,1-4H3. The predicted octanol–water partition coefficient (Wildman–Crippen LogP) is 4.94. The Morgan fingerprint density at radius 3 is 2.50 bits per heavy atom. The monoisotopic (exact) mass is 372 g/mol. The number of para-hydroxylation sites is 1. The Morgan fingerprint density at radius 2 is 1.75 bits per heavy atom. The normalized spacial score (nSPS) is 11.0. The summed E-state index contributed by atoms with van der Waals surface area (Å²) in [5.41, 5.74) is 7.17. The quantitative estimate of drug-likeness (QED) is 0.539. The molecule has 1 N–H and O–H groups in total. The second-order valence-electron chi connectivity index (χ2n) is 7.02. The maximum atomic E-state index is 5.57. The zero-order valence-corrected chi connectivity index (χ0v) is 16.7. The van der Waals surface area contributed by atoms with Gasteiger partial charge in [0, 0.05) is 23.9 Å². The van der Waals surface area contributed by atoms with Gasteiger partial charge in [0.05, 0.1) is 18.4 Å². The Balaban J connectivity index is 1.78. The molecule has 0 fully saturated rings. The molecule has 0 spiro atoms. The third kappa shape index (κ3) is 3.31. The van der Waals surface area contributed by atoms with E-state index in [4.69, 9.17) is 14.8 Å². The molecule has 0 bridgehead atoms. The first-order valence-electron chi connectivity index (χ1n) is 9.36. The summed E-state index contributed by atoms with van der Waals surface area (Å²) in [5.74, 6) is 1.74. The molecular formula is C23H24N4O. The molecule has 0 amide bonds. The fraction of sp³-hybridized carbons (Fsp3) is 0.217. The van der Waals surface area contributed by atoms with Crippen molar-refractivity contribution in [2.24, 2.45) is 0 Å². The number of aromatic nitrogens is 3. The van der Waals surface area contributed by atoms with E-state index in [1.807, 2.05) is 48.7 Å². The Bertz CT molecular complexity index is 1130. The highest BCUT2D eigenvalue weighted by molar-refractivity contribution is 5.84. The highest BCUT2D eigenvalue weighted by atomic mass is 16.5. The highest BCUT2D eigenvalue weighted by Crippen LogP contribution is 2.35. The molecule has 0 radical (unpaired) electrons. The van der Waals surface area contributed by atoms with Gasteiger partial charge in [-0.3, -0.25) is 0 Å². The van der Waals surface area contributed by atoms with Crippen LogP contribution in [0.2, 0.25) is 0 Å². The van der Waals surface area contributed by atoms with Crippen LogP contribution < -0.4 is 10.1 Å². The van der Waals surface area contributed by atoms with Crippen LogP contribution in [0.4, 0.5) is 5.82 Å². The summed E-state index contributed by atoms with van der Waals surface area (Å²) in [6.45, 7) is 6.83. The molecule has 28 heavy (non-hydrogen) atoms. The lowest BCUT2D eigenvalue weighted by Crippen LogP contribution is -2.07. The van der Waals surface area contributed by atoms with E-state index in [1.54, 1.807) is 7.11 Å². The molecule has 0 aliphatic heterocycles. The van der Waals surface area contributed by atoms with Gasteiger partial charge in [0.2, 0.25) is 0 Å². The van der Waals surface area contributed by atoms with E-state index < -0.39 is 0 Å². The van der Waals surface area contributed by atoms with E-state index in [9.17, 15) is 0 Å². The number of hydrogen-bond acceptors (Lipinski definition) is 4. The Morgan fingerprint density at radius 1 is 1.00 bits per heavy atom. The van der Waals surface area contributed by atoms with Crippen molar-refractivity contribution in [2.45, 2.75) is 27.3 Å². The van der Waals surface area contributed by atoms with Gasteiger partial charge in [-0.25, -0.2) is 4.98 Å². The molecule has 4 aromatic rings. The van der Waals surface area contributed by atoms with Crippen molar-refractivity contribution < 1.29 is 4.74 Å². The van der Waals surface area contributed by atoms with Crippen LogP contribution in [0.1, 0.15) is 22.5 Å². The van der Waals surface area contributed by atoms with Gasteiger partial charge in [0.1, 0.15) is 11.6 Å². The molecular weight excluding hydrogens is 348 g/mol. The number of nitrogens with one attached hydrogen (secondary N) is 1. The van der Waals surface area contributed by atoms with E-state index in [1.165, 1.54) is 11.1 Å². The number of rotatable bonds is 5. The minimum absolute atomic E-state index is 0.724. The van der Waals surface area contributed by atoms with E-state index in [0.717, 1.165) is 46.3 Å². The SMILES string of the molecule is COc1ccccc1-c1c(C)nn2c(NCc3ccc(C)cc3)cc(C)nc12. The number of nitrogens with zero attached hydrogens (tertiary/aromatic N) is 3. The van der Waals surface area contributed by atoms with Gasteiger partial charge >= 0.3 is 0 Å². The summed E-state index contributed by atoms with van der Waals surface area (Å²) in [7, 11) is 1.69. The number of hydrogen-bond donors (Lipinski definition) is 1. The first-order valence-corrected chi connectivity index (χ1v) is 9.36. The van der Waals surface area contributed by atoms with Crippen molar-refractivity contribution in [1.82, 2.24) is 14.6 Å². The minimum Gasteiger partial charge on any atom is -0.496 e. The molecule has 0 aliphatic carbocycles. The fourth-order valence-corrected chi connectivity index (χ4v) is 3.44. The molecule has 142 valence electrons. The van der Waals surface area contributed by atoms with Crippen molar-refractivity contribution in [2.75, 3.05) is 12.4 Å². The summed E-state index contributed by atoms with van der Waals surface area (Å²) in [6, 6.07) is 18.6. The van der Waals surface area contributed by atoms with Crippen molar-refractivity contribution >= 4 is 11.5 Å². The Hall–Kier alpha value is -3.34. The van der Waals surface area contributed by atoms with Gasteiger partial charge in [0.15, 0.2) is 5.65 Å². The smallest absolute Gasteiger partial charge is 0.165 e. The number of benzene rings is 2. The van der Waals surface area contributed by atoms with Crippen molar-refractivity contribution in [3.63, 3.8) is 0 Å². The maximum absolute atomic E-state index is 5.57. The molecule has 0 aliphatic rings. The van der Waals surface area contributed by atoms with Crippen LogP contribution >= 0.6 is 0 Å². The first-order chi connectivity index (χ1) is 13.6. The van der Waals surface area contributed by atoms with Gasteiger partial charge in [-0.15, -0.1) is 0 Å². The lowest BCUT2D eigenvalue weighted by atomic mass is 10.1. The average molecular weight is 372 g/mol. The third-order valence-corrected chi connectivity index (χ3v) is 4.86. The zero-order valence-electron chi connectivity index (χ0n) is 16.7. The summed E-state index contributed by atoms with van der Waals surface area (Å²) in [6.07, 6.45) is 0. The Kier molecular flexibility index (Phi) is 4.74. The molecule has 0 atom stereocenters. The van der Waals surface area contributed by atoms with Gasteiger partial charge in [-0.1, -0.05) is 48.0 Å². The second kappa shape index (κ2) is 7.35. The van der Waals surface area contributed by atoms with E-state index >= 15 is 0 Å². The van der Waals surface area contributed by atoms with E-state index in [0.29, 0.717) is 0 Å².